The highest BCUT2D eigenvalue weighted by molar-refractivity contribution is 7.25. The Bertz CT molecular complexity index is 3420. The fourth-order valence-electron chi connectivity index (χ4n) is 8.37. The van der Waals surface area contributed by atoms with Crippen molar-refractivity contribution in [1.29, 1.82) is 0 Å². The number of rotatable bonds is 11. The smallest absolute Gasteiger partial charge is 0.164 e. The second-order valence-electron chi connectivity index (χ2n) is 16.6. The molecule has 0 radical (unpaired) electrons. The minimum atomic E-state index is 0.584. The molecule has 7 aromatic carbocycles. The van der Waals surface area contributed by atoms with Crippen molar-refractivity contribution in [1.82, 2.24) is 29.9 Å². The average Bonchev–Trinajstić information content (AvgIpc) is 3.71. The third-order valence-electron chi connectivity index (χ3n) is 12.0. The summed E-state index contributed by atoms with van der Waals surface area (Å²) in [5.74, 6) is 3.84. The van der Waals surface area contributed by atoms with Crippen LogP contribution in [0.5, 0.6) is 0 Å². The van der Waals surface area contributed by atoms with Crippen molar-refractivity contribution >= 4 is 37.1 Å². The Hall–Kier alpha value is -8.00. The molecular weight excluding hydrogens is 825 g/mol. The van der Waals surface area contributed by atoms with Gasteiger partial charge in [-0.05, 0) is 103 Å². The van der Waals surface area contributed by atoms with E-state index >= 15 is 0 Å². The zero-order valence-electron chi connectivity index (χ0n) is 37.3. The summed E-state index contributed by atoms with van der Waals surface area (Å²) in [4.78, 5) is 30.0. The first-order valence-corrected chi connectivity index (χ1v) is 22.9. The van der Waals surface area contributed by atoms with Crippen molar-refractivity contribution in [3.05, 3.63) is 222 Å². The molecule has 0 atom stereocenters. The summed E-state index contributed by atoms with van der Waals surface area (Å²) in [6.45, 7) is 12.5. The topological polar surface area (TPSA) is 77.3 Å². The number of hydrogen-bond donors (Lipinski definition) is 0. The number of fused-ring (bicyclic) bond motifs is 3. The minimum absolute atomic E-state index is 0.584. The van der Waals surface area contributed by atoms with Crippen LogP contribution in [0.4, 0.5) is 0 Å². The Morgan fingerprint density at radius 3 is 1.44 bits per heavy atom. The SMILES string of the molecule is C=C/C(=C\C=C/Cc1ccc2sc3ccc(-c4cccc(-c5nc(-c6ccccc6C)nc(-c6ccccc6C)n5)c4)cc3c2c1)c1nc(-c2ccccc2C)nc(-c2ccccc2C)n1. The van der Waals surface area contributed by atoms with Gasteiger partial charge in [0.1, 0.15) is 0 Å². The van der Waals surface area contributed by atoms with E-state index in [4.69, 9.17) is 29.9 Å². The van der Waals surface area contributed by atoms with E-state index < -0.39 is 0 Å². The monoisotopic (exact) mass is 870 g/mol. The van der Waals surface area contributed by atoms with Gasteiger partial charge in [-0.15, -0.1) is 11.3 Å². The summed E-state index contributed by atoms with van der Waals surface area (Å²) in [6.07, 6.45) is 8.86. The summed E-state index contributed by atoms with van der Waals surface area (Å²) in [6, 6.07) is 55.0. The maximum Gasteiger partial charge on any atom is 0.164 e. The van der Waals surface area contributed by atoms with Gasteiger partial charge in [-0.1, -0.05) is 158 Å². The van der Waals surface area contributed by atoms with Crippen molar-refractivity contribution in [2.45, 2.75) is 34.1 Å². The van der Waals surface area contributed by atoms with Gasteiger partial charge < -0.3 is 0 Å². The molecule has 6 nitrogen and oxygen atoms in total. The molecule has 7 heteroatoms. The molecule has 0 unspecified atom stereocenters. The van der Waals surface area contributed by atoms with Crippen molar-refractivity contribution in [3.63, 3.8) is 0 Å². The van der Waals surface area contributed by atoms with E-state index in [-0.39, 0.29) is 0 Å². The van der Waals surface area contributed by atoms with E-state index in [1.54, 1.807) is 0 Å². The number of thiophene rings is 1. The van der Waals surface area contributed by atoms with Gasteiger partial charge in [-0.25, -0.2) is 29.9 Å². The van der Waals surface area contributed by atoms with Crippen LogP contribution in [0.15, 0.2) is 189 Å². The molecule has 0 aliphatic rings. The van der Waals surface area contributed by atoms with Crippen LogP contribution < -0.4 is 0 Å². The number of allylic oxidation sites excluding steroid dienone is 5. The lowest BCUT2D eigenvalue weighted by Gasteiger charge is -2.12. The molecule has 10 rings (SSSR count). The van der Waals surface area contributed by atoms with Crippen LogP contribution in [0.3, 0.4) is 0 Å². The van der Waals surface area contributed by atoms with E-state index in [2.05, 4.69) is 156 Å². The molecule has 0 saturated heterocycles. The number of hydrogen-bond acceptors (Lipinski definition) is 7. The zero-order valence-corrected chi connectivity index (χ0v) is 38.1. The summed E-state index contributed by atoms with van der Waals surface area (Å²) in [5.41, 5.74) is 13.6. The van der Waals surface area contributed by atoms with Gasteiger partial charge in [0.05, 0.1) is 0 Å². The van der Waals surface area contributed by atoms with E-state index in [1.165, 1.54) is 25.7 Å². The van der Waals surface area contributed by atoms with Crippen LogP contribution in [-0.2, 0) is 6.42 Å². The Balaban J connectivity index is 0.948. The molecule has 0 aliphatic carbocycles. The predicted molar refractivity (Wildman–Crippen MR) is 275 cm³/mol. The van der Waals surface area contributed by atoms with Crippen LogP contribution in [0, 0.1) is 27.7 Å². The summed E-state index contributed by atoms with van der Waals surface area (Å²) >= 11 is 1.82. The van der Waals surface area contributed by atoms with Crippen molar-refractivity contribution < 1.29 is 0 Å². The van der Waals surface area contributed by atoms with Gasteiger partial charge in [0.2, 0.25) is 0 Å². The molecule has 0 N–H and O–H groups in total. The maximum absolute atomic E-state index is 5.07. The molecule has 10 aromatic rings. The van der Waals surface area contributed by atoms with Gasteiger partial charge in [0.15, 0.2) is 34.9 Å². The second kappa shape index (κ2) is 18.2. The normalized spacial score (nSPS) is 11.8. The van der Waals surface area contributed by atoms with Crippen LogP contribution in [0.1, 0.15) is 33.6 Å². The predicted octanol–water partition coefficient (Wildman–Crippen LogP) is 15.0. The van der Waals surface area contributed by atoms with Crippen molar-refractivity contribution in [3.8, 4) is 68.1 Å². The highest BCUT2D eigenvalue weighted by Gasteiger charge is 2.17. The summed E-state index contributed by atoms with van der Waals surface area (Å²) in [7, 11) is 0. The number of aromatic nitrogens is 6. The standard InChI is InChI=1S/C59H46N6S/c1-6-42(54-60-56(46-26-13-7-18-37(46)2)64-57(61-54)47-27-14-8-19-38(47)3)23-12-11-22-41-30-32-52-50(34-41)51-36-44(31-33-53(51)66-52)43-24-17-25-45(35-43)55-62-58(48-28-15-9-20-39(48)4)65-59(63-55)49-29-16-10-21-40(49)5/h6-21,23-36H,1,22H2,2-5H3/b12-11-,42-23+. The van der Waals surface area contributed by atoms with Crippen LogP contribution in [0.2, 0.25) is 0 Å². The first-order valence-electron chi connectivity index (χ1n) is 22.1. The lowest BCUT2D eigenvalue weighted by Crippen LogP contribution is -2.03. The van der Waals surface area contributed by atoms with Gasteiger partial charge in [-0.2, -0.15) is 0 Å². The quantitative estimate of drug-likeness (QED) is 0.121. The van der Waals surface area contributed by atoms with Crippen molar-refractivity contribution in [2.24, 2.45) is 0 Å². The molecule has 0 aliphatic heterocycles. The third kappa shape index (κ3) is 8.52. The van der Waals surface area contributed by atoms with Gasteiger partial charge in [0, 0.05) is 53.6 Å². The highest BCUT2D eigenvalue weighted by Crippen LogP contribution is 2.38. The molecule has 0 spiro atoms. The fraction of sp³-hybridized carbons (Fsp3) is 0.0847. The van der Waals surface area contributed by atoms with E-state index in [0.29, 0.717) is 34.9 Å². The molecular formula is C59H46N6S. The van der Waals surface area contributed by atoms with Gasteiger partial charge >= 0.3 is 0 Å². The molecule has 0 bridgehead atoms. The minimum Gasteiger partial charge on any atom is -0.208 e. The van der Waals surface area contributed by atoms with E-state index in [1.807, 2.05) is 72.0 Å². The Kier molecular flexibility index (Phi) is 11.6. The molecule has 0 fully saturated rings. The largest absolute Gasteiger partial charge is 0.208 e. The lowest BCUT2D eigenvalue weighted by molar-refractivity contribution is 1.03. The fourth-order valence-corrected chi connectivity index (χ4v) is 9.43. The average molecular weight is 871 g/mol. The Morgan fingerprint density at radius 2 is 0.909 bits per heavy atom. The van der Waals surface area contributed by atoms with Gasteiger partial charge in [0.25, 0.3) is 0 Å². The Morgan fingerprint density at radius 1 is 0.455 bits per heavy atom. The maximum atomic E-state index is 5.07. The molecule has 3 heterocycles. The molecule has 318 valence electrons. The molecule has 0 saturated carbocycles. The number of aryl methyl sites for hydroxylation is 4. The third-order valence-corrected chi connectivity index (χ3v) is 13.2. The molecule has 66 heavy (non-hydrogen) atoms. The summed E-state index contributed by atoms with van der Waals surface area (Å²) in [5, 5.41) is 2.49. The van der Waals surface area contributed by atoms with Gasteiger partial charge in [-0.3, -0.25) is 0 Å². The van der Waals surface area contributed by atoms with Crippen LogP contribution >= 0.6 is 11.3 Å². The summed E-state index contributed by atoms with van der Waals surface area (Å²) < 4.78 is 2.52. The van der Waals surface area contributed by atoms with E-state index in [9.17, 15) is 0 Å². The first kappa shape index (κ1) is 42.0. The Labute approximate surface area is 389 Å². The van der Waals surface area contributed by atoms with E-state index in [0.717, 1.165) is 73.2 Å². The van der Waals surface area contributed by atoms with Crippen LogP contribution in [0.25, 0.3) is 93.8 Å². The lowest BCUT2D eigenvalue weighted by atomic mass is 10.00. The zero-order chi connectivity index (χ0) is 45.1. The number of nitrogens with zero attached hydrogens (tertiary/aromatic N) is 6. The second-order valence-corrected chi connectivity index (χ2v) is 17.6. The van der Waals surface area contributed by atoms with Crippen LogP contribution in [-0.4, -0.2) is 29.9 Å². The van der Waals surface area contributed by atoms with Crippen molar-refractivity contribution in [2.75, 3.05) is 0 Å². The highest BCUT2D eigenvalue weighted by atomic mass is 32.1. The molecule has 0 amide bonds. The number of benzene rings is 7. The molecule has 3 aromatic heterocycles. The first-order chi connectivity index (χ1) is 32.3.